The molecule has 0 spiro atoms. The number of nitrogens with zero attached hydrogens (tertiary/aromatic N) is 2. The topological polar surface area (TPSA) is 38.0 Å². The second-order valence-corrected chi connectivity index (χ2v) is 5.99. The Hall–Kier alpha value is -1.39. The molecular weight excluding hydrogens is 291 g/mol. The summed E-state index contributed by atoms with van der Waals surface area (Å²) in [4.78, 5) is 0. The van der Waals surface area contributed by atoms with Crippen LogP contribution < -0.4 is 0 Å². The second-order valence-electron chi connectivity index (χ2n) is 5.64. The normalized spacial score (nSPS) is 15.8. The summed E-state index contributed by atoms with van der Waals surface area (Å²) in [5.74, 6) is 0.0876. The highest BCUT2D eigenvalue weighted by molar-refractivity contribution is 6.30. The van der Waals surface area contributed by atoms with Crippen LogP contribution in [0.2, 0.25) is 5.15 Å². The average molecular weight is 309 g/mol. The zero-order valence-corrected chi connectivity index (χ0v) is 12.7. The van der Waals surface area contributed by atoms with E-state index in [0.717, 1.165) is 29.8 Å². The predicted octanol–water partition coefficient (Wildman–Crippen LogP) is 4.12. The maximum absolute atomic E-state index is 13.3. The first kappa shape index (κ1) is 14.5. The molecule has 1 saturated carbocycles. The number of benzene rings is 1. The van der Waals surface area contributed by atoms with Crippen molar-refractivity contribution in [1.29, 1.82) is 0 Å². The maximum Gasteiger partial charge on any atom is 0.138 e. The molecule has 3 nitrogen and oxygen atoms in total. The Morgan fingerprint density at radius 2 is 2.10 bits per heavy atom. The van der Waals surface area contributed by atoms with Crippen molar-refractivity contribution in [2.45, 2.75) is 45.1 Å². The molecule has 5 heteroatoms. The van der Waals surface area contributed by atoms with Gasteiger partial charge < -0.3 is 5.11 Å². The van der Waals surface area contributed by atoms with Gasteiger partial charge in [-0.15, -0.1) is 0 Å². The number of rotatable bonds is 3. The zero-order valence-electron chi connectivity index (χ0n) is 11.9. The van der Waals surface area contributed by atoms with Gasteiger partial charge in [0.15, 0.2) is 0 Å². The lowest BCUT2D eigenvalue weighted by Crippen LogP contribution is -2.02. The van der Waals surface area contributed by atoms with Gasteiger partial charge in [-0.05, 0) is 43.5 Å². The Morgan fingerprint density at radius 1 is 1.38 bits per heavy atom. The molecule has 1 aliphatic carbocycles. The molecule has 0 radical (unpaired) electrons. The van der Waals surface area contributed by atoms with E-state index in [1.807, 2.05) is 6.92 Å². The number of hydrogen-bond donors (Lipinski definition) is 1. The number of aliphatic hydroxyl groups is 1. The van der Waals surface area contributed by atoms with Crippen LogP contribution in [-0.2, 0) is 6.61 Å². The summed E-state index contributed by atoms with van der Waals surface area (Å²) in [6, 6.07) is 4.53. The lowest BCUT2D eigenvalue weighted by Gasteiger charge is -2.08. The lowest BCUT2D eigenvalue weighted by molar-refractivity contribution is 0.280. The summed E-state index contributed by atoms with van der Waals surface area (Å²) in [7, 11) is 0. The van der Waals surface area contributed by atoms with E-state index in [1.54, 1.807) is 10.7 Å². The third kappa shape index (κ3) is 2.58. The maximum atomic E-state index is 13.3. The van der Waals surface area contributed by atoms with Crippen LogP contribution in [0.5, 0.6) is 0 Å². The average Bonchev–Trinajstić information content (AvgIpc) is 3.07. The summed E-state index contributed by atoms with van der Waals surface area (Å²) in [5, 5.41) is 14.7. The molecule has 1 heterocycles. The highest BCUT2D eigenvalue weighted by Crippen LogP contribution is 2.38. The molecule has 0 bridgehead atoms. The van der Waals surface area contributed by atoms with E-state index < -0.39 is 0 Å². The number of halogens is 2. The summed E-state index contributed by atoms with van der Waals surface area (Å²) < 4.78 is 14.9. The van der Waals surface area contributed by atoms with Gasteiger partial charge in [0.05, 0.1) is 18.0 Å². The van der Waals surface area contributed by atoms with E-state index in [4.69, 9.17) is 11.6 Å². The highest BCUT2D eigenvalue weighted by Gasteiger charge is 2.26. The lowest BCUT2D eigenvalue weighted by atomic mass is 10.0. The minimum atomic E-state index is -0.280. The van der Waals surface area contributed by atoms with Crippen molar-refractivity contribution in [3.63, 3.8) is 0 Å². The van der Waals surface area contributed by atoms with Crippen LogP contribution in [0.4, 0.5) is 4.39 Å². The van der Waals surface area contributed by atoms with Gasteiger partial charge in [-0.2, -0.15) is 5.10 Å². The molecule has 1 fully saturated rings. The van der Waals surface area contributed by atoms with Gasteiger partial charge in [0, 0.05) is 11.5 Å². The molecule has 1 aromatic carbocycles. The number of aryl methyl sites for hydroxylation is 1. The van der Waals surface area contributed by atoms with Crippen molar-refractivity contribution in [3.05, 3.63) is 46.0 Å². The van der Waals surface area contributed by atoms with Gasteiger partial charge >= 0.3 is 0 Å². The van der Waals surface area contributed by atoms with Gasteiger partial charge in [0.25, 0.3) is 0 Å². The van der Waals surface area contributed by atoms with Crippen LogP contribution in [0.1, 0.15) is 48.4 Å². The largest absolute Gasteiger partial charge is 0.391 e. The smallest absolute Gasteiger partial charge is 0.138 e. The van der Waals surface area contributed by atoms with Crippen LogP contribution in [0.15, 0.2) is 18.2 Å². The van der Waals surface area contributed by atoms with Gasteiger partial charge in [-0.25, -0.2) is 9.07 Å². The molecule has 2 aromatic rings. The molecule has 112 valence electrons. The second kappa shape index (κ2) is 5.78. The van der Waals surface area contributed by atoms with Gasteiger partial charge in [0.1, 0.15) is 11.0 Å². The standard InChI is InChI=1S/C16H18ClFN2O/c1-10-8-12(18)6-7-14(10)20-16(17)13(9-21)15(19-20)11-4-2-3-5-11/h6-8,11,21H,2-5,9H2,1H3. The fourth-order valence-electron chi connectivity index (χ4n) is 3.14. The first-order chi connectivity index (χ1) is 10.1. The molecule has 0 aliphatic heterocycles. The number of aliphatic hydroxyl groups excluding tert-OH is 1. The molecule has 0 atom stereocenters. The van der Waals surface area contributed by atoms with Crippen molar-refractivity contribution in [3.8, 4) is 5.69 Å². The molecule has 1 aliphatic rings. The molecule has 1 N–H and O–H groups in total. The Morgan fingerprint density at radius 3 is 2.71 bits per heavy atom. The fraction of sp³-hybridized carbons (Fsp3) is 0.438. The van der Waals surface area contributed by atoms with Crippen LogP contribution >= 0.6 is 11.6 Å². The Kier molecular flexibility index (Phi) is 4.00. The van der Waals surface area contributed by atoms with Crippen LogP contribution in [0, 0.1) is 12.7 Å². The summed E-state index contributed by atoms with van der Waals surface area (Å²) >= 11 is 6.40. The monoisotopic (exact) mass is 308 g/mol. The van der Waals surface area contributed by atoms with Crippen molar-refractivity contribution >= 4 is 11.6 Å². The molecular formula is C16H18ClFN2O. The van der Waals surface area contributed by atoms with E-state index in [-0.39, 0.29) is 12.4 Å². The predicted molar refractivity (Wildman–Crippen MR) is 80.4 cm³/mol. The SMILES string of the molecule is Cc1cc(F)ccc1-n1nc(C2CCCC2)c(CO)c1Cl. The first-order valence-electron chi connectivity index (χ1n) is 7.26. The van der Waals surface area contributed by atoms with E-state index in [9.17, 15) is 9.50 Å². The summed E-state index contributed by atoms with van der Waals surface area (Å²) in [5.41, 5.74) is 3.11. The number of hydrogen-bond acceptors (Lipinski definition) is 2. The van der Waals surface area contributed by atoms with Crippen molar-refractivity contribution < 1.29 is 9.50 Å². The minimum Gasteiger partial charge on any atom is -0.391 e. The third-order valence-corrected chi connectivity index (χ3v) is 4.63. The van der Waals surface area contributed by atoms with Crippen molar-refractivity contribution in [2.24, 2.45) is 0 Å². The molecule has 1 aromatic heterocycles. The van der Waals surface area contributed by atoms with E-state index in [0.29, 0.717) is 16.6 Å². The van der Waals surface area contributed by atoms with Gasteiger partial charge in [-0.1, -0.05) is 24.4 Å². The summed E-state index contributed by atoms with van der Waals surface area (Å²) in [6.07, 6.45) is 4.55. The van der Waals surface area contributed by atoms with E-state index in [2.05, 4.69) is 5.10 Å². The highest BCUT2D eigenvalue weighted by atomic mass is 35.5. The molecule has 0 amide bonds. The van der Waals surface area contributed by atoms with Crippen LogP contribution in [0.25, 0.3) is 5.69 Å². The molecule has 3 rings (SSSR count). The van der Waals surface area contributed by atoms with Gasteiger partial charge in [-0.3, -0.25) is 0 Å². The Labute approximate surface area is 128 Å². The van der Waals surface area contributed by atoms with Crippen LogP contribution in [-0.4, -0.2) is 14.9 Å². The van der Waals surface area contributed by atoms with Crippen molar-refractivity contribution in [2.75, 3.05) is 0 Å². The fourth-order valence-corrected chi connectivity index (χ4v) is 3.42. The third-order valence-electron chi connectivity index (χ3n) is 4.24. The van der Waals surface area contributed by atoms with Crippen LogP contribution in [0.3, 0.4) is 0 Å². The quantitative estimate of drug-likeness (QED) is 0.926. The number of aromatic nitrogens is 2. The van der Waals surface area contributed by atoms with Gasteiger partial charge in [0.2, 0.25) is 0 Å². The molecule has 21 heavy (non-hydrogen) atoms. The summed E-state index contributed by atoms with van der Waals surface area (Å²) in [6.45, 7) is 1.70. The van der Waals surface area contributed by atoms with Crippen molar-refractivity contribution in [1.82, 2.24) is 9.78 Å². The molecule has 0 unspecified atom stereocenters. The Balaban J connectivity index is 2.10. The molecule has 0 saturated heterocycles. The Bertz CT molecular complexity index is 663. The van der Waals surface area contributed by atoms with E-state index >= 15 is 0 Å². The first-order valence-corrected chi connectivity index (χ1v) is 7.64. The van der Waals surface area contributed by atoms with E-state index in [1.165, 1.54) is 25.0 Å². The minimum absolute atomic E-state index is 0.120. The zero-order chi connectivity index (χ0) is 15.0.